The molecule has 2 rings (SSSR count). The summed E-state index contributed by atoms with van der Waals surface area (Å²) in [5, 5.41) is 3.28. The molecule has 20 heavy (non-hydrogen) atoms. The largest absolute Gasteiger partial charge is 0.496 e. The third kappa shape index (κ3) is 3.33. The summed E-state index contributed by atoms with van der Waals surface area (Å²) in [6, 6.07) is 10.6. The van der Waals surface area contributed by atoms with Gasteiger partial charge in [0.2, 0.25) is 0 Å². The van der Waals surface area contributed by atoms with Gasteiger partial charge in [-0.05, 0) is 36.7 Å². The number of nitrogens with one attached hydrogen (secondary N) is 1. The normalized spacial score (nSPS) is 12.2. The fourth-order valence-electron chi connectivity index (χ4n) is 2.26. The van der Waals surface area contributed by atoms with E-state index in [0.29, 0.717) is 12.1 Å². The van der Waals surface area contributed by atoms with Crippen molar-refractivity contribution in [2.45, 2.75) is 19.4 Å². The highest BCUT2D eigenvalue weighted by atomic mass is 19.1. The van der Waals surface area contributed by atoms with E-state index in [4.69, 9.17) is 4.74 Å². The highest BCUT2D eigenvalue weighted by Crippen LogP contribution is 2.25. The lowest BCUT2D eigenvalue weighted by Gasteiger charge is -2.19. The number of likely N-dealkylation sites (N-methyl/N-ethyl adjacent to an activating group) is 1. The molecular weight excluding hydrogens is 255 g/mol. The molecule has 0 aliphatic carbocycles. The molecule has 2 aromatic rings. The Morgan fingerprint density at radius 1 is 1.25 bits per heavy atom. The van der Waals surface area contributed by atoms with E-state index in [0.717, 1.165) is 17.9 Å². The van der Waals surface area contributed by atoms with E-state index in [9.17, 15) is 4.39 Å². The van der Waals surface area contributed by atoms with Crippen molar-refractivity contribution in [1.29, 1.82) is 0 Å². The molecule has 0 fully saturated rings. The monoisotopic (exact) mass is 274 g/mol. The van der Waals surface area contributed by atoms with Crippen molar-refractivity contribution in [3.63, 3.8) is 0 Å². The number of pyridine rings is 1. The van der Waals surface area contributed by atoms with Crippen molar-refractivity contribution in [3.8, 4) is 5.75 Å². The van der Waals surface area contributed by atoms with Crippen molar-refractivity contribution in [1.82, 2.24) is 10.3 Å². The second-order valence-electron chi connectivity index (χ2n) is 4.50. The number of hydrogen-bond donors (Lipinski definition) is 1. The Morgan fingerprint density at radius 3 is 2.75 bits per heavy atom. The second kappa shape index (κ2) is 7.01. The van der Waals surface area contributed by atoms with Crippen LogP contribution in [0.4, 0.5) is 4.39 Å². The first-order chi connectivity index (χ1) is 9.76. The summed E-state index contributed by atoms with van der Waals surface area (Å²) < 4.78 is 19.3. The Kier molecular flexibility index (Phi) is 5.07. The molecular formula is C16H19FN2O. The van der Waals surface area contributed by atoms with Crippen LogP contribution in [0.25, 0.3) is 0 Å². The van der Waals surface area contributed by atoms with Gasteiger partial charge in [0.25, 0.3) is 0 Å². The van der Waals surface area contributed by atoms with E-state index < -0.39 is 0 Å². The fraction of sp³-hybridized carbons (Fsp3) is 0.312. The summed E-state index contributed by atoms with van der Waals surface area (Å²) in [5.41, 5.74) is 1.48. The highest BCUT2D eigenvalue weighted by Gasteiger charge is 2.18. The van der Waals surface area contributed by atoms with Crippen LogP contribution in [0.3, 0.4) is 0 Å². The number of rotatable bonds is 6. The van der Waals surface area contributed by atoms with Gasteiger partial charge in [0.05, 0.1) is 18.8 Å². The van der Waals surface area contributed by atoms with Gasteiger partial charge < -0.3 is 10.1 Å². The maximum atomic E-state index is 13.9. The molecule has 1 aromatic heterocycles. The molecule has 1 N–H and O–H groups in total. The number of methoxy groups -OCH3 is 1. The predicted molar refractivity (Wildman–Crippen MR) is 77.3 cm³/mol. The molecule has 1 heterocycles. The Balaban J connectivity index is 2.28. The van der Waals surface area contributed by atoms with Gasteiger partial charge in [-0.25, -0.2) is 4.39 Å². The van der Waals surface area contributed by atoms with Crippen LogP contribution in [-0.4, -0.2) is 18.6 Å². The maximum absolute atomic E-state index is 13.9. The summed E-state index contributed by atoms with van der Waals surface area (Å²) in [5.74, 6) is 0.528. The average Bonchev–Trinajstić information content (AvgIpc) is 2.48. The summed E-state index contributed by atoms with van der Waals surface area (Å²) in [7, 11) is 1.64. The van der Waals surface area contributed by atoms with Gasteiger partial charge in [-0.2, -0.15) is 0 Å². The standard InChI is InChI=1S/C16H19FN2O/c1-3-18-14(16-13(17)8-6-10-19-16)11-12-7-4-5-9-15(12)20-2/h4-10,14,18H,3,11H2,1-2H3. The molecule has 1 unspecified atom stereocenters. The van der Waals surface area contributed by atoms with E-state index in [-0.39, 0.29) is 11.9 Å². The minimum Gasteiger partial charge on any atom is -0.496 e. The van der Waals surface area contributed by atoms with Crippen molar-refractivity contribution < 1.29 is 9.13 Å². The number of nitrogens with zero attached hydrogens (tertiary/aromatic N) is 1. The molecule has 0 aliphatic heterocycles. The van der Waals surface area contributed by atoms with Gasteiger partial charge in [0.15, 0.2) is 0 Å². The predicted octanol–water partition coefficient (Wildman–Crippen LogP) is 3.12. The quantitative estimate of drug-likeness (QED) is 0.878. The van der Waals surface area contributed by atoms with E-state index in [2.05, 4.69) is 10.3 Å². The van der Waals surface area contributed by atoms with Crippen molar-refractivity contribution >= 4 is 0 Å². The first-order valence-corrected chi connectivity index (χ1v) is 6.72. The topological polar surface area (TPSA) is 34.1 Å². The molecule has 4 heteroatoms. The molecule has 0 bridgehead atoms. The molecule has 0 saturated heterocycles. The van der Waals surface area contributed by atoms with Crippen molar-refractivity contribution in [2.24, 2.45) is 0 Å². The Labute approximate surface area is 118 Å². The Hall–Kier alpha value is -1.94. The first kappa shape index (κ1) is 14.5. The third-order valence-corrected chi connectivity index (χ3v) is 3.18. The number of aromatic nitrogens is 1. The zero-order valence-electron chi connectivity index (χ0n) is 11.8. The van der Waals surface area contributed by atoms with E-state index in [1.54, 1.807) is 19.4 Å². The van der Waals surface area contributed by atoms with Gasteiger partial charge >= 0.3 is 0 Å². The van der Waals surface area contributed by atoms with Crippen LogP contribution in [0.1, 0.15) is 24.2 Å². The Morgan fingerprint density at radius 2 is 2.05 bits per heavy atom. The van der Waals surface area contributed by atoms with Crippen LogP contribution < -0.4 is 10.1 Å². The fourth-order valence-corrected chi connectivity index (χ4v) is 2.26. The summed E-state index contributed by atoms with van der Waals surface area (Å²) in [6.45, 7) is 2.74. The molecule has 0 amide bonds. The summed E-state index contributed by atoms with van der Waals surface area (Å²) >= 11 is 0. The van der Waals surface area contributed by atoms with Gasteiger partial charge in [-0.15, -0.1) is 0 Å². The number of halogens is 1. The lowest BCUT2D eigenvalue weighted by atomic mass is 10.0. The van der Waals surface area contributed by atoms with Crippen LogP contribution in [-0.2, 0) is 6.42 Å². The Bertz CT molecular complexity index is 560. The number of para-hydroxylation sites is 1. The maximum Gasteiger partial charge on any atom is 0.146 e. The van der Waals surface area contributed by atoms with E-state index in [1.165, 1.54) is 6.07 Å². The van der Waals surface area contributed by atoms with Gasteiger partial charge in [0, 0.05) is 6.20 Å². The molecule has 0 aliphatic rings. The molecule has 0 saturated carbocycles. The molecule has 0 spiro atoms. The van der Waals surface area contributed by atoms with Crippen LogP contribution in [0.15, 0.2) is 42.6 Å². The van der Waals surface area contributed by atoms with Crippen LogP contribution in [0, 0.1) is 5.82 Å². The number of hydrogen-bond acceptors (Lipinski definition) is 3. The summed E-state index contributed by atoms with van der Waals surface area (Å²) in [6.07, 6.45) is 2.25. The molecule has 3 nitrogen and oxygen atoms in total. The molecule has 1 atom stereocenters. The lowest BCUT2D eigenvalue weighted by Crippen LogP contribution is -2.25. The van der Waals surface area contributed by atoms with Crippen molar-refractivity contribution in [3.05, 3.63) is 59.7 Å². The smallest absolute Gasteiger partial charge is 0.146 e. The zero-order chi connectivity index (χ0) is 14.4. The van der Waals surface area contributed by atoms with E-state index in [1.807, 2.05) is 31.2 Å². The third-order valence-electron chi connectivity index (χ3n) is 3.18. The molecule has 1 aromatic carbocycles. The van der Waals surface area contributed by atoms with Gasteiger partial charge in [-0.1, -0.05) is 25.1 Å². The average molecular weight is 274 g/mol. The number of benzene rings is 1. The lowest BCUT2D eigenvalue weighted by molar-refractivity contribution is 0.404. The van der Waals surface area contributed by atoms with E-state index >= 15 is 0 Å². The minimum absolute atomic E-state index is 0.169. The second-order valence-corrected chi connectivity index (χ2v) is 4.50. The van der Waals surface area contributed by atoms with Crippen molar-refractivity contribution in [2.75, 3.05) is 13.7 Å². The highest BCUT2D eigenvalue weighted by molar-refractivity contribution is 5.34. The summed E-state index contributed by atoms with van der Waals surface area (Å²) in [4.78, 5) is 4.17. The molecule has 0 radical (unpaired) electrons. The van der Waals surface area contributed by atoms with Crippen LogP contribution in [0.2, 0.25) is 0 Å². The van der Waals surface area contributed by atoms with Gasteiger partial charge in [-0.3, -0.25) is 4.98 Å². The van der Waals surface area contributed by atoms with Crippen LogP contribution in [0.5, 0.6) is 5.75 Å². The SMILES string of the molecule is CCNC(Cc1ccccc1OC)c1ncccc1F. The van der Waals surface area contributed by atoms with Gasteiger partial charge in [0.1, 0.15) is 11.6 Å². The first-order valence-electron chi connectivity index (χ1n) is 6.72. The number of ether oxygens (including phenoxy) is 1. The van der Waals surface area contributed by atoms with Crippen LogP contribution >= 0.6 is 0 Å². The molecule has 106 valence electrons. The minimum atomic E-state index is -0.284. The zero-order valence-corrected chi connectivity index (χ0v) is 11.8.